The number of amides is 5. The predicted octanol–water partition coefficient (Wildman–Crippen LogP) is 2.57. The molecule has 6 atom stereocenters. The molecule has 18 nitrogen and oxygen atoms in total. The summed E-state index contributed by atoms with van der Waals surface area (Å²) in [5.41, 5.74) is -0.159. The molecule has 1 saturated heterocycles. The van der Waals surface area contributed by atoms with Gasteiger partial charge in [-0.2, -0.15) is 0 Å². The number of carbonyl (C=O) groups excluding carboxylic acids is 6. The van der Waals surface area contributed by atoms with Crippen LogP contribution in [0.5, 0.6) is 5.75 Å². The first-order valence-corrected chi connectivity index (χ1v) is 19.5. The number of aliphatic hydroxyl groups excluding tert-OH is 1. The number of aromatic hydroxyl groups is 1. The number of aliphatic carboxylic acids is 1. The molecule has 6 unspecified atom stereocenters. The lowest BCUT2D eigenvalue weighted by atomic mass is 10.00. The van der Waals surface area contributed by atoms with Crippen molar-refractivity contribution in [1.29, 1.82) is 0 Å². The molecule has 0 aromatic heterocycles. The summed E-state index contributed by atoms with van der Waals surface area (Å²) in [5, 5.41) is 58.0. The minimum absolute atomic E-state index is 0.0792. The molecule has 2 rings (SSSR count). The lowest BCUT2D eigenvalue weighted by Gasteiger charge is -2.28. The van der Waals surface area contributed by atoms with Crippen molar-refractivity contribution in [3.8, 4) is 5.75 Å². The molecule has 1 aliphatic heterocycles. The number of allylic oxidation sites excluding steroid dienone is 1. The summed E-state index contributed by atoms with van der Waals surface area (Å²) in [5.74, 6) is -6.84. The van der Waals surface area contributed by atoms with Crippen LogP contribution in [-0.4, -0.2) is 121 Å². The number of esters is 1. The van der Waals surface area contributed by atoms with Crippen molar-refractivity contribution < 1.29 is 64.0 Å². The van der Waals surface area contributed by atoms with E-state index in [9.17, 15) is 54.2 Å². The first kappa shape index (κ1) is 48.1. The van der Waals surface area contributed by atoms with Gasteiger partial charge in [0.1, 0.15) is 30.0 Å². The van der Waals surface area contributed by atoms with Gasteiger partial charge >= 0.3 is 11.9 Å². The molecule has 1 aromatic carbocycles. The third-order valence-corrected chi connectivity index (χ3v) is 9.56. The van der Waals surface area contributed by atoms with Gasteiger partial charge in [0.25, 0.3) is 17.7 Å². The van der Waals surface area contributed by atoms with E-state index < -0.39 is 77.7 Å². The Kier molecular flexibility index (Phi) is 21.3. The number of carboxylic acids is 1. The zero-order valence-corrected chi connectivity index (χ0v) is 32.9. The number of aliphatic hydroxyl groups is 1. The number of benzene rings is 1. The van der Waals surface area contributed by atoms with Crippen LogP contribution < -0.4 is 16.0 Å². The fourth-order valence-electron chi connectivity index (χ4n) is 6.08. The Balaban J connectivity index is 2.11. The van der Waals surface area contributed by atoms with Crippen molar-refractivity contribution in [3.63, 3.8) is 0 Å². The smallest absolute Gasteiger partial charge is 0.328 e. The summed E-state index contributed by atoms with van der Waals surface area (Å²) in [4.78, 5) is 88.8. The number of ether oxygens (including phenoxy) is 1. The number of para-hydroxylation sites is 1. The first-order valence-electron chi connectivity index (χ1n) is 19.5. The van der Waals surface area contributed by atoms with Crippen LogP contribution in [0.25, 0.3) is 0 Å². The van der Waals surface area contributed by atoms with E-state index in [0.29, 0.717) is 42.2 Å². The number of phenols is 1. The fourth-order valence-corrected chi connectivity index (χ4v) is 6.08. The number of hydrogen-bond acceptors (Lipinski definition) is 12. The van der Waals surface area contributed by atoms with Crippen LogP contribution in [0.15, 0.2) is 36.4 Å². The van der Waals surface area contributed by atoms with Gasteiger partial charge in [0.15, 0.2) is 0 Å². The van der Waals surface area contributed by atoms with Gasteiger partial charge in [0.2, 0.25) is 11.8 Å². The van der Waals surface area contributed by atoms with Crippen LogP contribution in [0.3, 0.4) is 0 Å². The number of carbonyl (C=O) groups is 7. The lowest BCUT2D eigenvalue weighted by Crippen LogP contribution is -2.56. The molecular formula is C39H59N5O13. The number of hydrogen-bond donors (Lipinski definition) is 8. The second-order valence-electron chi connectivity index (χ2n) is 14.2. The summed E-state index contributed by atoms with van der Waals surface area (Å²) >= 11 is 0. The van der Waals surface area contributed by atoms with Gasteiger partial charge in [-0.15, -0.1) is 0 Å². The third kappa shape index (κ3) is 16.9. The number of nitrogens with one attached hydrogen (secondary N) is 3. The standard InChI is InChI=1S/C39H59N5O13/c1-4-31(25(2)35(50)40-28-18-13-16-24-44(56)38(28)53)57-39(54)29(41-37(52)34(26(3)45)42-36(51)27-17-11-12-20-30(27)46)19-14-15-23-43(55)32(47)21-9-7-5-6-8-10-22-33(48)49/h9,11-12,17,20-21,25-26,28-29,31,34,45-46,55-56H,4-8,10,13-16,18-19,22-24H2,1-3H3,(H,40,50)(H,41,52)(H,42,51)(H,48,49). The minimum atomic E-state index is -1.58. The number of nitrogens with zero attached hydrogens (tertiary/aromatic N) is 2. The van der Waals surface area contributed by atoms with E-state index in [0.717, 1.165) is 19.3 Å². The summed E-state index contributed by atoms with van der Waals surface area (Å²) in [6.45, 7) is 4.43. The topological polar surface area (TPSA) is 272 Å². The average Bonchev–Trinajstić information content (AvgIpc) is 3.32. The van der Waals surface area contributed by atoms with Gasteiger partial charge in [0, 0.05) is 25.6 Å². The second kappa shape index (κ2) is 25.2. The van der Waals surface area contributed by atoms with Crippen molar-refractivity contribution in [3.05, 3.63) is 42.0 Å². The summed E-state index contributed by atoms with van der Waals surface area (Å²) in [6.07, 6.45) is 5.81. The Morgan fingerprint density at radius 2 is 1.68 bits per heavy atom. The molecule has 0 aliphatic carbocycles. The van der Waals surface area contributed by atoms with E-state index in [2.05, 4.69) is 16.0 Å². The SMILES string of the molecule is CCC(OC(=O)C(CCCCN(O)C(=O)C=CCCCCCCC(=O)O)NC(=O)C(NC(=O)c1ccccc1O)C(C)O)C(C)C(=O)NC1CCCCN(O)C1=O. The minimum Gasteiger partial charge on any atom is -0.507 e. The molecule has 318 valence electrons. The molecule has 1 fully saturated rings. The molecule has 8 N–H and O–H groups in total. The molecule has 1 aromatic rings. The van der Waals surface area contributed by atoms with Crippen molar-refractivity contribution in [2.45, 2.75) is 135 Å². The number of rotatable bonds is 24. The van der Waals surface area contributed by atoms with E-state index in [4.69, 9.17) is 9.84 Å². The van der Waals surface area contributed by atoms with Gasteiger partial charge in [-0.25, -0.2) is 14.9 Å². The molecule has 18 heteroatoms. The largest absolute Gasteiger partial charge is 0.507 e. The van der Waals surface area contributed by atoms with Crippen LogP contribution in [0.2, 0.25) is 0 Å². The summed E-state index contributed by atoms with van der Waals surface area (Å²) in [6, 6.07) is 1.65. The van der Waals surface area contributed by atoms with Crippen molar-refractivity contribution in [2.24, 2.45) is 5.92 Å². The van der Waals surface area contributed by atoms with E-state index >= 15 is 0 Å². The zero-order valence-electron chi connectivity index (χ0n) is 32.9. The predicted molar refractivity (Wildman–Crippen MR) is 203 cm³/mol. The van der Waals surface area contributed by atoms with Gasteiger partial charge in [0.05, 0.1) is 17.6 Å². The Labute approximate surface area is 332 Å². The van der Waals surface area contributed by atoms with Crippen LogP contribution in [0.1, 0.15) is 115 Å². The highest BCUT2D eigenvalue weighted by molar-refractivity contribution is 6.00. The Morgan fingerprint density at radius 3 is 2.35 bits per heavy atom. The maximum absolute atomic E-state index is 13.7. The highest BCUT2D eigenvalue weighted by atomic mass is 16.5. The van der Waals surface area contributed by atoms with E-state index in [-0.39, 0.29) is 56.5 Å². The van der Waals surface area contributed by atoms with Crippen LogP contribution >= 0.6 is 0 Å². The molecule has 0 bridgehead atoms. The van der Waals surface area contributed by atoms with Gasteiger partial charge in [-0.3, -0.25) is 39.2 Å². The van der Waals surface area contributed by atoms with Gasteiger partial charge in [-0.1, -0.05) is 44.9 Å². The Morgan fingerprint density at radius 1 is 0.982 bits per heavy atom. The summed E-state index contributed by atoms with van der Waals surface area (Å²) in [7, 11) is 0. The molecular weight excluding hydrogens is 746 g/mol. The lowest BCUT2D eigenvalue weighted by molar-refractivity contribution is -0.167. The Hall–Kier alpha value is -5.07. The van der Waals surface area contributed by atoms with E-state index in [1.165, 1.54) is 44.2 Å². The van der Waals surface area contributed by atoms with Gasteiger partial charge in [-0.05, 0) is 83.3 Å². The number of carboxylic acid groups (broad SMARTS) is 1. The normalized spacial score (nSPS) is 17.1. The first-order chi connectivity index (χ1) is 27.1. The quantitative estimate of drug-likeness (QED) is 0.0246. The highest BCUT2D eigenvalue weighted by Gasteiger charge is 2.35. The molecule has 0 spiro atoms. The van der Waals surface area contributed by atoms with Crippen LogP contribution in [0.4, 0.5) is 0 Å². The average molecular weight is 806 g/mol. The zero-order chi connectivity index (χ0) is 42.5. The fraction of sp³-hybridized carbons (Fsp3) is 0.615. The molecule has 1 aliphatic rings. The van der Waals surface area contributed by atoms with E-state index in [1.54, 1.807) is 13.0 Å². The molecule has 57 heavy (non-hydrogen) atoms. The molecule has 0 saturated carbocycles. The molecule has 1 heterocycles. The number of phenolic OH excluding ortho intramolecular Hbond substituents is 1. The van der Waals surface area contributed by atoms with Crippen LogP contribution in [-0.2, 0) is 33.5 Å². The van der Waals surface area contributed by atoms with Crippen molar-refractivity contribution >= 4 is 41.5 Å². The van der Waals surface area contributed by atoms with Crippen LogP contribution in [0, 0.1) is 5.92 Å². The third-order valence-electron chi connectivity index (χ3n) is 9.56. The monoisotopic (exact) mass is 805 g/mol. The second-order valence-corrected chi connectivity index (χ2v) is 14.2. The van der Waals surface area contributed by atoms with E-state index in [1.807, 2.05) is 0 Å². The molecule has 0 radical (unpaired) electrons. The maximum Gasteiger partial charge on any atom is 0.328 e. The highest BCUT2D eigenvalue weighted by Crippen LogP contribution is 2.19. The molecule has 5 amide bonds. The van der Waals surface area contributed by atoms with Gasteiger partial charge < -0.3 is 36.0 Å². The van der Waals surface area contributed by atoms with Crippen molar-refractivity contribution in [2.75, 3.05) is 13.1 Å². The Bertz CT molecular complexity index is 1540. The maximum atomic E-state index is 13.7. The number of hydroxylamine groups is 4. The summed E-state index contributed by atoms with van der Waals surface area (Å²) < 4.78 is 5.74. The van der Waals surface area contributed by atoms with Crippen molar-refractivity contribution in [1.82, 2.24) is 26.1 Å². The number of unbranched alkanes of at least 4 members (excludes halogenated alkanes) is 5.